The molecule has 3 rings (SSSR count). The largest absolute Gasteiger partial charge is 0.335 e. The number of likely N-dealkylation sites (N-methyl/N-ethyl adjacent to an activating group) is 1. The van der Waals surface area contributed by atoms with E-state index in [1.165, 1.54) is 21.7 Å². The van der Waals surface area contributed by atoms with Gasteiger partial charge >= 0.3 is 0 Å². The van der Waals surface area contributed by atoms with Gasteiger partial charge in [-0.2, -0.15) is 0 Å². The van der Waals surface area contributed by atoms with Crippen LogP contribution in [0.4, 0.5) is 8.78 Å². The minimum Gasteiger partial charge on any atom is -0.335 e. The molecule has 23 heavy (non-hydrogen) atoms. The van der Waals surface area contributed by atoms with Crippen molar-refractivity contribution in [1.82, 2.24) is 14.7 Å². The summed E-state index contributed by atoms with van der Waals surface area (Å²) in [5, 5.41) is 0. The molecule has 8 heteroatoms. The quantitative estimate of drug-likeness (QED) is 0.736. The van der Waals surface area contributed by atoms with Crippen LogP contribution in [0.15, 0.2) is 18.2 Å². The maximum absolute atomic E-state index is 13.8. The van der Waals surface area contributed by atoms with Crippen molar-refractivity contribution < 1.29 is 23.2 Å². The Morgan fingerprint density at radius 1 is 1.22 bits per heavy atom. The SMILES string of the molecule is CN1CC(=O)N2CCN(C(=O)c3cc(F)ccc3F)C[C@@H]2C1=O. The number of carbonyl (C=O) groups excluding carboxylic acids is 3. The summed E-state index contributed by atoms with van der Waals surface area (Å²) in [7, 11) is 1.52. The average Bonchev–Trinajstić information content (AvgIpc) is 2.54. The molecule has 1 atom stereocenters. The zero-order valence-electron chi connectivity index (χ0n) is 12.5. The van der Waals surface area contributed by atoms with Gasteiger partial charge in [-0.1, -0.05) is 0 Å². The van der Waals surface area contributed by atoms with Gasteiger partial charge in [0.1, 0.15) is 17.7 Å². The van der Waals surface area contributed by atoms with Gasteiger partial charge in [0.2, 0.25) is 11.8 Å². The number of fused-ring (bicyclic) bond motifs is 1. The van der Waals surface area contributed by atoms with Crippen molar-refractivity contribution in [1.29, 1.82) is 0 Å². The highest BCUT2D eigenvalue weighted by molar-refractivity contribution is 5.98. The second-order valence-electron chi connectivity index (χ2n) is 5.67. The summed E-state index contributed by atoms with van der Waals surface area (Å²) in [6.45, 7) is 0.366. The van der Waals surface area contributed by atoms with Gasteiger partial charge in [-0.3, -0.25) is 14.4 Å². The molecule has 2 heterocycles. The summed E-state index contributed by atoms with van der Waals surface area (Å²) in [6.07, 6.45) is 0. The van der Waals surface area contributed by atoms with E-state index in [1.54, 1.807) is 0 Å². The molecule has 3 amide bonds. The highest BCUT2D eigenvalue weighted by Crippen LogP contribution is 2.20. The second-order valence-corrected chi connectivity index (χ2v) is 5.67. The molecule has 0 bridgehead atoms. The van der Waals surface area contributed by atoms with Gasteiger partial charge in [0.15, 0.2) is 0 Å². The number of halogens is 2. The molecule has 0 radical (unpaired) electrons. The fraction of sp³-hybridized carbons (Fsp3) is 0.400. The smallest absolute Gasteiger partial charge is 0.257 e. The van der Waals surface area contributed by atoms with Crippen molar-refractivity contribution in [3.8, 4) is 0 Å². The van der Waals surface area contributed by atoms with Crippen LogP contribution in [-0.2, 0) is 9.59 Å². The lowest BCUT2D eigenvalue weighted by atomic mass is 10.1. The number of carbonyl (C=O) groups is 3. The van der Waals surface area contributed by atoms with Gasteiger partial charge < -0.3 is 14.7 Å². The van der Waals surface area contributed by atoms with Crippen LogP contribution in [0.3, 0.4) is 0 Å². The van der Waals surface area contributed by atoms with Crippen molar-refractivity contribution in [2.45, 2.75) is 6.04 Å². The summed E-state index contributed by atoms with van der Waals surface area (Å²) < 4.78 is 27.0. The Morgan fingerprint density at radius 2 is 1.96 bits per heavy atom. The Morgan fingerprint density at radius 3 is 2.70 bits per heavy atom. The van der Waals surface area contributed by atoms with Crippen LogP contribution in [0, 0.1) is 11.6 Å². The monoisotopic (exact) mass is 323 g/mol. The van der Waals surface area contributed by atoms with Gasteiger partial charge in [-0.15, -0.1) is 0 Å². The van der Waals surface area contributed by atoms with Gasteiger partial charge in [0.25, 0.3) is 5.91 Å². The number of nitrogens with zero attached hydrogens (tertiary/aromatic N) is 3. The molecule has 2 aliphatic rings. The van der Waals surface area contributed by atoms with Gasteiger partial charge in [-0.05, 0) is 18.2 Å². The zero-order valence-corrected chi connectivity index (χ0v) is 12.5. The highest BCUT2D eigenvalue weighted by atomic mass is 19.1. The van der Waals surface area contributed by atoms with E-state index in [0.717, 1.165) is 18.2 Å². The maximum atomic E-state index is 13.8. The van der Waals surface area contributed by atoms with Crippen LogP contribution >= 0.6 is 0 Å². The lowest BCUT2D eigenvalue weighted by Crippen LogP contribution is -2.66. The van der Waals surface area contributed by atoms with E-state index in [4.69, 9.17) is 0 Å². The van der Waals surface area contributed by atoms with Gasteiger partial charge in [-0.25, -0.2) is 8.78 Å². The van der Waals surface area contributed by atoms with E-state index in [0.29, 0.717) is 0 Å². The number of hydrogen-bond acceptors (Lipinski definition) is 3. The van der Waals surface area contributed by atoms with Crippen molar-refractivity contribution in [3.05, 3.63) is 35.4 Å². The Hall–Kier alpha value is -2.51. The Bertz CT molecular complexity index is 695. The molecule has 2 fully saturated rings. The molecule has 6 nitrogen and oxygen atoms in total. The third kappa shape index (κ3) is 2.64. The van der Waals surface area contributed by atoms with E-state index in [1.807, 2.05) is 0 Å². The first kappa shape index (κ1) is 15.4. The first-order valence-electron chi connectivity index (χ1n) is 7.17. The molecule has 122 valence electrons. The van der Waals surface area contributed by atoms with Crippen molar-refractivity contribution in [3.63, 3.8) is 0 Å². The molecular weight excluding hydrogens is 308 g/mol. The van der Waals surface area contributed by atoms with Crippen LogP contribution in [-0.4, -0.2) is 71.7 Å². The fourth-order valence-electron chi connectivity index (χ4n) is 2.94. The van der Waals surface area contributed by atoms with Gasteiger partial charge in [0.05, 0.1) is 18.7 Å². The van der Waals surface area contributed by atoms with E-state index in [9.17, 15) is 23.2 Å². The van der Waals surface area contributed by atoms with Crippen molar-refractivity contribution in [2.75, 3.05) is 33.2 Å². The number of hydrogen-bond donors (Lipinski definition) is 0. The van der Waals surface area contributed by atoms with Crippen molar-refractivity contribution in [2.24, 2.45) is 0 Å². The zero-order chi connectivity index (χ0) is 16.7. The average molecular weight is 323 g/mol. The lowest BCUT2D eigenvalue weighted by molar-refractivity contribution is -0.157. The van der Waals surface area contributed by atoms with E-state index >= 15 is 0 Å². The first-order valence-corrected chi connectivity index (χ1v) is 7.17. The summed E-state index contributed by atoms with van der Waals surface area (Å²) in [5.74, 6) is -2.66. The third-order valence-electron chi connectivity index (χ3n) is 4.18. The highest BCUT2D eigenvalue weighted by Gasteiger charge is 2.42. The van der Waals surface area contributed by atoms with Crippen LogP contribution < -0.4 is 0 Å². The summed E-state index contributed by atoms with van der Waals surface area (Å²) in [6, 6.07) is 1.89. The van der Waals surface area contributed by atoms with E-state index in [-0.39, 0.29) is 43.6 Å². The second kappa shape index (κ2) is 5.60. The fourth-order valence-corrected chi connectivity index (χ4v) is 2.94. The molecular formula is C15H15F2N3O3. The predicted molar refractivity (Wildman–Crippen MR) is 75.4 cm³/mol. The van der Waals surface area contributed by atoms with Crippen LogP contribution in [0.1, 0.15) is 10.4 Å². The van der Waals surface area contributed by atoms with E-state index < -0.39 is 23.6 Å². The van der Waals surface area contributed by atoms with Crippen molar-refractivity contribution >= 4 is 17.7 Å². The number of amides is 3. The topological polar surface area (TPSA) is 60.9 Å². The molecule has 0 unspecified atom stereocenters. The number of benzene rings is 1. The minimum atomic E-state index is -0.818. The Balaban J connectivity index is 1.83. The molecule has 0 aliphatic carbocycles. The lowest BCUT2D eigenvalue weighted by Gasteiger charge is -2.45. The summed E-state index contributed by atoms with van der Waals surface area (Å²) in [4.78, 5) is 40.6. The molecule has 0 saturated carbocycles. The molecule has 2 saturated heterocycles. The Kier molecular flexibility index (Phi) is 3.75. The molecule has 1 aromatic rings. The number of piperazine rings is 2. The molecule has 0 spiro atoms. The molecule has 0 aromatic heterocycles. The first-order chi connectivity index (χ1) is 10.9. The summed E-state index contributed by atoms with van der Waals surface area (Å²) >= 11 is 0. The summed E-state index contributed by atoms with van der Waals surface area (Å²) in [5.41, 5.74) is -0.374. The molecule has 2 aliphatic heterocycles. The van der Waals surface area contributed by atoms with Crippen LogP contribution in [0.25, 0.3) is 0 Å². The Labute approximate surface area is 131 Å². The van der Waals surface area contributed by atoms with Crippen LogP contribution in [0.5, 0.6) is 0 Å². The normalized spacial score (nSPS) is 21.5. The van der Waals surface area contributed by atoms with Crippen LogP contribution in [0.2, 0.25) is 0 Å². The minimum absolute atomic E-state index is 0.0157. The predicted octanol–water partition coefficient (Wildman–Crippen LogP) is 0.0898. The standard InChI is InChI=1S/C15H15F2N3O3/c1-18-8-13(21)20-5-4-19(7-12(20)15(18)23)14(22)10-6-9(16)2-3-11(10)17/h2-3,6,12H,4-5,7-8H2,1H3/t12-/m1/s1. The molecule has 1 aromatic carbocycles. The number of rotatable bonds is 1. The maximum Gasteiger partial charge on any atom is 0.257 e. The van der Waals surface area contributed by atoms with E-state index in [2.05, 4.69) is 0 Å². The third-order valence-corrected chi connectivity index (χ3v) is 4.18. The van der Waals surface area contributed by atoms with Gasteiger partial charge in [0, 0.05) is 20.1 Å². The molecule has 0 N–H and O–H groups in total.